The van der Waals surface area contributed by atoms with Crippen molar-refractivity contribution in [1.82, 2.24) is 10.3 Å². The zero-order valence-corrected chi connectivity index (χ0v) is 21.3. The Morgan fingerprint density at radius 2 is 1.72 bits per heavy atom. The van der Waals surface area contributed by atoms with Crippen LogP contribution < -0.4 is 15.4 Å². The molecule has 7 heteroatoms. The Hall–Kier alpha value is -4.00. The number of amides is 2. The first kappa shape index (κ1) is 26.6. The largest absolute Gasteiger partial charge is 0.493 e. The Bertz CT molecular complexity index is 1200. The third kappa shape index (κ3) is 7.50. The van der Waals surface area contributed by atoms with Crippen LogP contribution in [0, 0.1) is 19.3 Å². The Morgan fingerprint density at radius 1 is 0.972 bits per heavy atom. The fourth-order valence-electron chi connectivity index (χ4n) is 3.61. The second-order valence-electron chi connectivity index (χ2n) is 9.48. The van der Waals surface area contributed by atoms with Crippen molar-refractivity contribution in [1.29, 1.82) is 0 Å². The number of carbonyl (C=O) groups excluding carboxylic acids is 3. The first-order valence-corrected chi connectivity index (χ1v) is 12.0. The van der Waals surface area contributed by atoms with Gasteiger partial charge in [0.1, 0.15) is 5.75 Å². The Labute approximate surface area is 212 Å². The van der Waals surface area contributed by atoms with Gasteiger partial charge in [-0.05, 0) is 80.3 Å². The van der Waals surface area contributed by atoms with Crippen LogP contribution in [0.5, 0.6) is 5.75 Å². The van der Waals surface area contributed by atoms with Gasteiger partial charge in [-0.2, -0.15) is 0 Å². The first-order valence-electron chi connectivity index (χ1n) is 12.0. The number of rotatable bonds is 11. The van der Waals surface area contributed by atoms with Crippen molar-refractivity contribution in [3.05, 3.63) is 89.2 Å². The highest BCUT2D eigenvalue weighted by atomic mass is 16.5. The maximum atomic E-state index is 12.7. The molecular weight excluding hydrogens is 454 g/mol. The van der Waals surface area contributed by atoms with E-state index in [0.29, 0.717) is 36.3 Å². The highest BCUT2D eigenvalue weighted by Crippen LogP contribution is 2.24. The molecule has 1 aromatic heterocycles. The van der Waals surface area contributed by atoms with E-state index in [4.69, 9.17) is 4.74 Å². The number of hydrogen-bond donors (Lipinski definition) is 2. The van der Waals surface area contributed by atoms with Gasteiger partial charge < -0.3 is 15.4 Å². The maximum Gasteiger partial charge on any atom is 0.257 e. The van der Waals surface area contributed by atoms with E-state index in [2.05, 4.69) is 15.6 Å². The quantitative estimate of drug-likeness (QED) is 0.288. The number of ketones is 1. The molecule has 3 aromatic rings. The first-order chi connectivity index (χ1) is 17.2. The second kappa shape index (κ2) is 12.1. The summed E-state index contributed by atoms with van der Waals surface area (Å²) in [6, 6.07) is 16.0. The molecule has 2 amide bonds. The predicted octanol–water partition coefficient (Wildman–Crippen LogP) is 5.14. The molecule has 0 spiro atoms. The van der Waals surface area contributed by atoms with Crippen molar-refractivity contribution >= 4 is 23.3 Å². The molecule has 36 heavy (non-hydrogen) atoms. The summed E-state index contributed by atoms with van der Waals surface area (Å²) < 4.78 is 5.89. The normalized spacial score (nSPS) is 11.0. The van der Waals surface area contributed by atoms with Crippen LogP contribution in [0.3, 0.4) is 0 Å². The third-order valence-electron chi connectivity index (χ3n) is 5.96. The molecule has 2 N–H and O–H groups in total. The summed E-state index contributed by atoms with van der Waals surface area (Å²) in [5.74, 6) is 0.201. The molecule has 188 valence electrons. The van der Waals surface area contributed by atoms with Crippen LogP contribution in [0.15, 0.2) is 67.0 Å². The van der Waals surface area contributed by atoms with Gasteiger partial charge in [0.05, 0.1) is 18.7 Å². The number of nitrogens with one attached hydrogen (secondary N) is 2. The van der Waals surface area contributed by atoms with Crippen LogP contribution >= 0.6 is 0 Å². The number of aromatic nitrogens is 1. The number of benzene rings is 2. The number of hydrogen-bond acceptors (Lipinski definition) is 5. The van der Waals surface area contributed by atoms with Gasteiger partial charge in [0.2, 0.25) is 5.91 Å². The van der Waals surface area contributed by atoms with Gasteiger partial charge in [0.25, 0.3) is 5.91 Å². The lowest BCUT2D eigenvalue weighted by molar-refractivity contribution is -0.129. The van der Waals surface area contributed by atoms with Gasteiger partial charge in [0.15, 0.2) is 5.78 Å². The minimum Gasteiger partial charge on any atom is -0.493 e. The Balaban J connectivity index is 1.43. The summed E-state index contributed by atoms with van der Waals surface area (Å²) in [7, 11) is 0. The molecule has 0 saturated carbocycles. The molecule has 0 atom stereocenters. The van der Waals surface area contributed by atoms with E-state index in [1.165, 1.54) is 6.20 Å². The number of aryl methyl sites for hydroxylation is 2. The molecule has 0 saturated heterocycles. The lowest BCUT2D eigenvalue weighted by atomic mass is 9.87. The molecule has 1 heterocycles. The highest BCUT2D eigenvalue weighted by Gasteiger charge is 2.27. The third-order valence-corrected chi connectivity index (χ3v) is 5.96. The van der Waals surface area contributed by atoms with Crippen LogP contribution in [-0.4, -0.2) is 35.7 Å². The zero-order valence-electron chi connectivity index (χ0n) is 21.3. The molecular formula is C29H33N3O4. The molecule has 7 nitrogen and oxygen atoms in total. The van der Waals surface area contributed by atoms with Crippen molar-refractivity contribution in [2.45, 2.75) is 40.5 Å². The monoisotopic (exact) mass is 487 g/mol. The minimum absolute atomic E-state index is 0.0946. The number of Topliss-reactive ketones (excluding diaryl/α,β-unsaturated/α-hetero) is 1. The number of carbonyl (C=O) groups is 3. The highest BCUT2D eigenvalue weighted by molar-refractivity contribution is 6.04. The number of nitrogens with zero attached hydrogens (tertiary/aromatic N) is 1. The summed E-state index contributed by atoms with van der Waals surface area (Å²) in [6.07, 6.45) is 4.42. The average molecular weight is 488 g/mol. The smallest absolute Gasteiger partial charge is 0.257 e. The molecule has 0 fully saturated rings. The van der Waals surface area contributed by atoms with E-state index < -0.39 is 5.41 Å². The minimum atomic E-state index is -0.633. The molecule has 3 rings (SSSR count). The van der Waals surface area contributed by atoms with Crippen LogP contribution in [0.25, 0.3) is 0 Å². The summed E-state index contributed by atoms with van der Waals surface area (Å²) in [5, 5.41) is 5.52. The summed E-state index contributed by atoms with van der Waals surface area (Å²) in [6.45, 7) is 8.19. The van der Waals surface area contributed by atoms with Crippen molar-refractivity contribution < 1.29 is 19.1 Å². The zero-order chi connectivity index (χ0) is 26.1. The number of anilines is 1. The van der Waals surface area contributed by atoms with Crippen LogP contribution in [-0.2, 0) is 4.79 Å². The Kier molecular flexibility index (Phi) is 8.95. The number of ether oxygens (including phenoxy) is 1. The van der Waals surface area contributed by atoms with Crippen molar-refractivity contribution in [2.24, 2.45) is 5.41 Å². The SMILES string of the molecule is Cc1ccc(C)c(OCCCC(C)(C)C(=O)NCC(=O)c2ccc(NC(=O)c3cccnc3)cc2)c1. The van der Waals surface area contributed by atoms with Crippen molar-refractivity contribution in [3.8, 4) is 5.75 Å². The molecule has 0 radical (unpaired) electrons. The van der Waals surface area contributed by atoms with E-state index >= 15 is 0 Å². The van der Waals surface area contributed by atoms with Gasteiger partial charge in [-0.15, -0.1) is 0 Å². The standard InChI is InChI=1S/C29H33N3O4/c1-20-8-9-21(2)26(17-20)36-16-6-14-29(3,4)28(35)31-19-25(33)22-10-12-24(13-11-22)32-27(34)23-7-5-15-30-18-23/h5,7-13,15,17-18H,6,14,16,19H2,1-4H3,(H,31,35)(H,32,34). The second-order valence-corrected chi connectivity index (χ2v) is 9.48. The molecule has 0 aliphatic rings. The Morgan fingerprint density at radius 3 is 2.42 bits per heavy atom. The van der Waals surface area contributed by atoms with E-state index in [9.17, 15) is 14.4 Å². The summed E-state index contributed by atoms with van der Waals surface area (Å²) in [4.78, 5) is 41.4. The van der Waals surface area contributed by atoms with E-state index in [0.717, 1.165) is 16.9 Å². The molecule has 0 aliphatic heterocycles. The van der Waals surface area contributed by atoms with Crippen LogP contribution in [0.4, 0.5) is 5.69 Å². The van der Waals surface area contributed by atoms with Gasteiger partial charge in [-0.3, -0.25) is 19.4 Å². The van der Waals surface area contributed by atoms with Crippen LogP contribution in [0.2, 0.25) is 0 Å². The maximum absolute atomic E-state index is 12.7. The van der Waals surface area contributed by atoms with Gasteiger partial charge >= 0.3 is 0 Å². The fraction of sp³-hybridized carbons (Fsp3) is 0.310. The summed E-state index contributed by atoms with van der Waals surface area (Å²) >= 11 is 0. The van der Waals surface area contributed by atoms with E-state index in [-0.39, 0.29) is 24.1 Å². The number of pyridine rings is 1. The molecule has 0 bridgehead atoms. The predicted molar refractivity (Wildman–Crippen MR) is 140 cm³/mol. The lowest BCUT2D eigenvalue weighted by Crippen LogP contribution is -2.39. The van der Waals surface area contributed by atoms with Crippen LogP contribution in [0.1, 0.15) is 58.5 Å². The topological polar surface area (TPSA) is 97.4 Å². The van der Waals surface area contributed by atoms with Gasteiger partial charge in [-0.25, -0.2) is 0 Å². The molecule has 0 aliphatic carbocycles. The van der Waals surface area contributed by atoms with Crippen molar-refractivity contribution in [3.63, 3.8) is 0 Å². The summed E-state index contributed by atoms with van der Waals surface area (Å²) in [5.41, 5.74) is 3.05. The van der Waals surface area contributed by atoms with E-state index in [1.807, 2.05) is 45.9 Å². The lowest BCUT2D eigenvalue weighted by Gasteiger charge is -2.23. The fourth-order valence-corrected chi connectivity index (χ4v) is 3.61. The molecule has 0 unspecified atom stereocenters. The molecule has 2 aromatic carbocycles. The van der Waals surface area contributed by atoms with Gasteiger partial charge in [-0.1, -0.05) is 26.0 Å². The van der Waals surface area contributed by atoms with E-state index in [1.54, 1.807) is 42.6 Å². The average Bonchev–Trinajstić information content (AvgIpc) is 2.87. The van der Waals surface area contributed by atoms with Gasteiger partial charge in [0, 0.05) is 29.1 Å². The van der Waals surface area contributed by atoms with Crippen molar-refractivity contribution in [2.75, 3.05) is 18.5 Å².